The Kier molecular flexibility index (Phi) is 7.66. The van der Waals surface area contributed by atoms with Gasteiger partial charge in [0.15, 0.2) is 18.1 Å². The van der Waals surface area contributed by atoms with Crippen molar-refractivity contribution in [2.24, 2.45) is 0 Å². The first-order valence-corrected chi connectivity index (χ1v) is 7.68. The largest absolute Gasteiger partial charge is 0.362 e. The lowest BCUT2D eigenvalue weighted by molar-refractivity contribution is 0.457. The normalized spacial score (nSPS) is 12.8. The van der Waals surface area contributed by atoms with Crippen LogP contribution in [0, 0.1) is 0 Å². The zero-order valence-corrected chi connectivity index (χ0v) is 14.1. The minimum atomic E-state index is -0.701. The lowest BCUT2D eigenvalue weighted by Crippen LogP contribution is -2.18. The molecular weight excluding hydrogens is 293 g/mol. The van der Waals surface area contributed by atoms with Gasteiger partial charge in [-0.15, -0.1) is 15.3 Å². The molecule has 1 N–H and O–H groups in total. The Labute approximate surface area is 136 Å². The minimum Gasteiger partial charge on any atom is -0.362 e. The van der Waals surface area contributed by atoms with Gasteiger partial charge >= 0.3 is 0 Å². The molecule has 2 heterocycles. The number of rotatable bonds is 6. The van der Waals surface area contributed by atoms with Crippen molar-refractivity contribution in [1.82, 2.24) is 19.8 Å². The summed E-state index contributed by atoms with van der Waals surface area (Å²) in [6.07, 6.45) is 7.64. The van der Waals surface area contributed by atoms with Gasteiger partial charge in [0.25, 0.3) is 0 Å². The molecule has 1 atom stereocenters. The molecule has 0 fully saturated rings. The second-order valence-corrected chi connectivity index (χ2v) is 4.51. The van der Waals surface area contributed by atoms with E-state index in [1.54, 1.807) is 18.2 Å². The van der Waals surface area contributed by atoms with Crippen LogP contribution in [0.25, 0.3) is 5.65 Å². The predicted molar refractivity (Wildman–Crippen MR) is 93.1 cm³/mol. The standard InChI is InChI=1S/C15H18FN5.C2H6/c1-4-6-12(7-5-2)11(3)17-13-8-9-14-18-19-15(10-16)21(14)20-13;1-2/h4-9,11H,1,10H2,2-3H3,(H,17,20);1-2H3/b7-5-,12-6+;/t11-;/m1./s1. The van der Waals surface area contributed by atoms with Gasteiger partial charge in [0, 0.05) is 6.04 Å². The van der Waals surface area contributed by atoms with Gasteiger partial charge in [-0.1, -0.05) is 44.7 Å². The topological polar surface area (TPSA) is 55.1 Å². The van der Waals surface area contributed by atoms with E-state index >= 15 is 0 Å². The van der Waals surface area contributed by atoms with E-state index in [4.69, 9.17) is 0 Å². The summed E-state index contributed by atoms with van der Waals surface area (Å²) in [4.78, 5) is 0. The molecule has 23 heavy (non-hydrogen) atoms. The van der Waals surface area contributed by atoms with E-state index in [0.717, 1.165) is 5.57 Å². The lowest BCUT2D eigenvalue weighted by atomic mass is 10.1. The molecular formula is C17H24FN5. The molecule has 0 saturated carbocycles. The van der Waals surface area contributed by atoms with E-state index in [1.807, 2.05) is 45.9 Å². The van der Waals surface area contributed by atoms with Crippen LogP contribution in [0.4, 0.5) is 10.2 Å². The van der Waals surface area contributed by atoms with Gasteiger partial charge in [-0.25, -0.2) is 4.39 Å². The number of halogens is 1. The number of anilines is 1. The number of fused-ring (bicyclic) bond motifs is 1. The van der Waals surface area contributed by atoms with E-state index in [1.165, 1.54) is 4.52 Å². The van der Waals surface area contributed by atoms with Crippen molar-refractivity contribution < 1.29 is 4.39 Å². The molecule has 2 aromatic heterocycles. The summed E-state index contributed by atoms with van der Waals surface area (Å²) in [5.74, 6) is 0.820. The third-order valence-corrected chi connectivity index (χ3v) is 2.98. The fraction of sp³-hybridized carbons (Fsp3) is 0.353. The summed E-state index contributed by atoms with van der Waals surface area (Å²) in [7, 11) is 0. The third-order valence-electron chi connectivity index (χ3n) is 2.98. The zero-order chi connectivity index (χ0) is 17.2. The molecule has 0 bridgehead atoms. The first kappa shape index (κ1) is 18.5. The van der Waals surface area contributed by atoms with E-state index in [9.17, 15) is 4.39 Å². The molecule has 0 aliphatic heterocycles. The number of nitrogens with one attached hydrogen (secondary N) is 1. The van der Waals surface area contributed by atoms with Crippen LogP contribution in [-0.4, -0.2) is 25.9 Å². The Morgan fingerprint density at radius 1 is 1.39 bits per heavy atom. The summed E-state index contributed by atoms with van der Waals surface area (Å²) >= 11 is 0. The fourth-order valence-electron chi connectivity index (χ4n) is 1.97. The van der Waals surface area contributed by atoms with E-state index in [2.05, 4.69) is 27.2 Å². The Morgan fingerprint density at radius 3 is 2.74 bits per heavy atom. The second kappa shape index (κ2) is 9.50. The molecule has 2 aromatic rings. The number of allylic oxidation sites excluding steroid dienone is 3. The average Bonchev–Trinajstić information content (AvgIpc) is 2.98. The highest BCUT2D eigenvalue weighted by Gasteiger charge is 2.10. The maximum absolute atomic E-state index is 12.8. The van der Waals surface area contributed by atoms with Gasteiger partial charge in [-0.3, -0.25) is 0 Å². The van der Waals surface area contributed by atoms with Gasteiger partial charge in [-0.05, 0) is 31.6 Å². The van der Waals surface area contributed by atoms with Crippen molar-refractivity contribution in [2.45, 2.75) is 40.4 Å². The van der Waals surface area contributed by atoms with Crippen LogP contribution in [0.3, 0.4) is 0 Å². The Morgan fingerprint density at radius 2 is 2.13 bits per heavy atom. The van der Waals surface area contributed by atoms with Crippen LogP contribution in [0.2, 0.25) is 0 Å². The third kappa shape index (κ3) is 4.74. The van der Waals surface area contributed by atoms with Crippen molar-refractivity contribution in [3.63, 3.8) is 0 Å². The zero-order valence-electron chi connectivity index (χ0n) is 14.1. The molecule has 0 amide bonds. The second-order valence-electron chi connectivity index (χ2n) is 4.51. The summed E-state index contributed by atoms with van der Waals surface area (Å²) < 4.78 is 14.2. The first-order valence-electron chi connectivity index (χ1n) is 7.68. The molecule has 2 rings (SSSR count). The van der Waals surface area contributed by atoms with Crippen LogP contribution < -0.4 is 5.32 Å². The number of nitrogens with zero attached hydrogens (tertiary/aromatic N) is 4. The molecule has 0 spiro atoms. The Balaban J connectivity index is 0.00000127. The maximum atomic E-state index is 12.8. The summed E-state index contributed by atoms with van der Waals surface area (Å²) in [5, 5.41) is 15.2. The highest BCUT2D eigenvalue weighted by atomic mass is 19.1. The highest BCUT2D eigenvalue weighted by molar-refractivity contribution is 5.46. The molecule has 124 valence electrons. The van der Waals surface area contributed by atoms with Gasteiger partial charge in [-0.2, -0.15) is 4.52 Å². The van der Waals surface area contributed by atoms with Gasteiger partial charge in [0.2, 0.25) is 0 Å². The van der Waals surface area contributed by atoms with E-state index in [-0.39, 0.29) is 11.9 Å². The number of alkyl halides is 1. The monoisotopic (exact) mass is 317 g/mol. The van der Waals surface area contributed by atoms with Crippen molar-refractivity contribution in [2.75, 3.05) is 5.32 Å². The highest BCUT2D eigenvalue weighted by Crippen LogP contribution is 2.13. The molecule has 0 saturated heterocycles. The van der Waals surface area contributed by atoms with Crippen LogP contribution >= 0.6 is 0 Å². The fourth-order valence-corrected chi connectivity index (χ4v) is 1.97. The van der Waals surface area contributed by atoms with E-state index < -0.39 is 6.67 Å². The first-order chi connectivity index (χ1) is 11.2. The Hall–Kier alpha value is -2.50. The van der Waals surface area contributed by atoms with Gasteiger partial charge in [0.1, 0.15) is 5.82 Å². The molecule has 5 nitrogen and oxygen atoms in total. The molecule has 0 unspecified atom stereocenters. The van der Waals surface area contributed by atoms with E-state index in [0.29, 0.717) is 11.5 Å². The van der Waals surface area contributed by atoms with Crippen LogP contribution in [0.15, 0.2) is 48.6 Å². The molecule has 0 aliphatic rings. The quantitative estimate of drug-likeness (QED) is 0.815. The summed E-state index contributed by atoms with van der Waals surface area (Å²) in [6, 6.07) is 3.58. The van der Waals surface area contributed by atoms with Gasteiger partial charge in [0.05, 0.1) is 0 Å². The average molecular weight is 317 g/mol. The van der Waals surface area contributed by atoms with Crippen LogP contribution in [0.1, 0.15) is 33.5 Å². The molecule has 0 aromatic carbocycles. The van der Waals surface area contributed by atoms with Crippen molar-refractivity contribution in [3.05, 3.63) is 54.4 Å². The van der Waals surface area contributed by atoms with Crippen molar-refractivity contribution in [1.29, 1.82) is 0 Å². The van der Waals surface area contributed by atoms with Crippen LogP contribution in [-0.2, 0) is 6.67 Å². The smallest absolute Gasteiger partial charge is 0.185 e. The lowest BCUT2D eigenvalue weighted by Gasteiger charge is -2.15. The molecule has 0 radical (unpaired) electrons. The SMILES string of the molecule is C=C/C=C(\C=C/C)[C@@H](C)Nc1ccc2nnc(CF)n2n1.CC. The maximum Gasteiger partial charge on any atom is 0.185 e. The summed E-state index contributed by atoms with van der Waals surface area (Å²) in [6.45, 7) is 11.0. The number of hydrogen-bond donors (Lipinski definition) is 1. The molecule has 6 heteroatoms. The van der Waals surface area contributed by atoms with Crippen LogP contribution in [0.5, 0.6) is 0 Å². The number of hydrogen-bond acceptors (Lipinski definition) is 4. The van der Waals surface area contributed by atoms with Crippen molar-refractivity contribution >= 4 is 11.5 Å². The van der Waals surface area contributed by atoms with Gasteiger partial charge < -0.3 is 5.32 Å². The Bertz CT molecular complexity index is 687. The summed E-state index contributed by atoms with van der Waals surface area (Å²) in [5.41, 5.74) is 1.60. The minimum absolute atomic E-state index is 0.0365. The molecule has 0 aliphatic carbocycles. The predicted octanol–water partition coefficient (Wildman–Crippen LogP) is 4.11. The van der Waals surface area contributed by atoms with Crippen molar-refractivity contribution in [3.8, 4) is 0 Å². The number of aromatic nitrogens is 4.